The van der Waals surface area contributed by atoms with Crippen LogP contribution in [0.5, 0.6) is 0 Å². The summed E-state index contributed by atoms with van der Waals surface area (Å²) in [5.41, 5.74) is 2.82. The van der Waals surface area contributed by atoms with Gasteiger partial charge in [-0.1, -0.05) is 26.0 Å². The van der Waals surface area contributed by atoms with Crippen molar-refractivity contribution in [1.82, 2.24) is 9.97 Å². The van der Waals surface area contributed by atoms with Crippen molar-refractivity contribution in [2.75, 3.05) is 0 Å². The normalized spacial score (nSPS) is 21.0. The summed E-state index contributed by atoms with van der Waals surface area (Å²) in [7, 11) is 0. The summed E-state index contributed by atoms with van der Waals surface area (Å²) in [6.45, 7) is 7.52. The van der Waals surface area contributed by atoms with E-state index in [9.17, 15) is 9.18 Å². The van der Waals surface area contributed by atoms with E-state index in [4.69, 9.17) is 26.2 Å². The van der Waals surface area contributed by atoms with Crippen LogP contribution in [0.4, 0.5) is 4.39 Å². The second-order valence-electron chi connectivity index (χ2n) is 8.29. The number of aromatic nitrogens is 2. The number of ether oxygens (including phenoxy) is 2. The van der Waals surface area contributed by atoms with Gasteiger partial charge >= 0.3 is 5.97 Å². The van der Waals surface area contributed by atoms with Gasteiger partial charge in [0.15, 0.2) is 5.79 Å². The fourth-order valence-electron chi connectivity index (χ4n) is 3.68. The summed E-state index contributed by atoms with van der Waals surface area (Å²) < 4.78 is 25.1. The molecule has 1 aliphatic rings. The molecule has 8 heteroatoms. The first-order valence-corrected chi connectivity index (χ1v) is 10.5. The van der Waals surface area contributed by atoms with Gasteiger partial charge in [0.25, 0.3) is 0 Å². The Balaban J connectivity index is 2.00. The van der Waals surface area contributed by atoms with E-state index in [1.165, 1.54) is 12.1 Å². The van der Waals surface area contributed by atoms with E-state index < -0.39 is 17.9 Å². The Hall–Kier alpha value is -2.35. The van der Waals surface area contributed by atoms with Crippen molar-refractivity contribution in [3.05, 3.63) is 52.7 Å². The predicted octanol–water partition coefficient (Wildman–Crippen LogP) is 5.46. The Bertz CT molecular complexity index is 976. The second-order valence-corrected chi connectivity index (χ2v) is 8.63. The quantitative estimate of drug-likeness (QED) is 0.591. The van der Waals surface area contributed by atoms with Crippen LogP contribution in [-0.4, -0.2) is 39.0 Å². The monoisotopic (exact) mass is 448 g/mol. The molecular weight excluding hydrogens is 423 g/mol. The van der Waals surface area contributed by atoms with Crippen molar-refractivity contribution in [3.63, 3.8) is 0 Å². The van der Waals surface area contributed by atoms with Gasteiger partial charge in [-0.05, 0) is 55.6 Å². The maximum Gasteiger partial charge on any atom is 0.305 e. The Labute approximate surface area is 186 Å². The first-order valence-electron chi connectivity index (χ1n) is 10.1. The number of carbonyl (C=O) groups is 1. The van der Waals surface area contributed by atoms with Crippen LogP contribution in [0.1, 0.15) is 57.7 Å². The lowest BCUT2D eigenvalue weighted by Crippen LogP contribution is -2.44. The molecule has 31 heavy (non-hydrogen) atoms. The SMILES string of the molecule is CC(C)c1nc(Cl)nc(-c2ccc(F)cc2)c1/C=C/[C@@H]1C[C@H](CC(=O)O)OC(C)(C)O1. The number of nitrogens with zero attached hydrogens (tertiary/aromatic N) is 2. The molecule has 0 aliphatic carbocycles. The molecule has 2 aromatic rings. The molecule has 0 spiro atoms. The summed E-state index contributed by atoms with van der Waals surface area (Å²) >= 11 is 6.18. The minimum atomic E-state index is -0.919. The Morgan fingerprint density at radius 1 is 1.29 bits per heavy atom. The molecule has 2 heterocycles. The molecule has 1 aromatic heterocycles. The van der Waals surface area contributed by atoms with E-state index in [0.29, 0.717) is 17.7 Å². The topological polar surface area (TPSA) is 81.5 Å². The molecule has 3 rings (SSSR count). The number of carboxylic acid groups (broad SMARTS) is 1. The predicted molar refractivity (Wildman–Crippen MR) is 116 cm³/mol. The number of hydrogen-bond donors (Lipinski definition) is 1. The molecule has 1 aromatic carbocycles. The van der Waals surface area contributed by atoms with Crippen molar-refractivity contribution in [2.45, 2.75) is 64.4 Å². The number of benzene rings is 1. The summed E-state index contributed by atoms with van der Waals surface area (Å²) in [5.74, 6) is -2.11. The van der Waals surface area contributed by atoms with Gasteiger partial charge in [0.05, 0.1) is 30.0 Å². The highest BCUT2D eigenvalue weighted by molar-refractivity contribution is 6.28. The number of rotatable bonds is 6. The Morgan fingerprint density at radius 3 is 2.58 bits per heavy atom. The lowest BCUT2D eigenvalue weighted by atomic mass is 9.97. The number of aliphatic carboxylic acids is 1. The summed E-state index contributed by atoms with van der Waals surface area (Å²) in [6.07, 6.45) is 3.23. The fraction of sp³-hybridized carbons (Fsp3) is 0.435. The van der Waals surface area contributed by atoms with Crippen LogP contribution in [0.25, 0.3) is 17.3 Å². The highest BCUT2D eigenvalue weighted by atomic mass is 35.5. The largest absolute Gasteiger partial charge is 0.481 e. The molecule has 1 N–H and O–H groups in total. The van der Waals surface area contributed by atoms with Gasteiger partial charge in [0.1, 0.15) is 5.82 Å². The smallest absolute Gasteiger partial charge is 0.305 e. The first kappa shape index (κ1) is 23.3. The highest BCUT2D eigenvalue weighted by Gasteiger charge is 2.35. The van der Waals surface area contributed by atoms with Crippen molar-refractivity contribution in [3.8, 4) is 11.3 Å². The molecule has 0 bridgehead atoms. The van der Waals surface area contributed by atoms with Crippen molar-refractivity contribution in [2.24, 2.45) is 0 Å². The third-order valence-corrected chi connectivity index (χ3v) is 5.04. The first-order chi connectivity index (χ1) is 14.5. The van der Waals surface area contributed by atoms with E-state index in [-0.39, 0.29) is 29.5 Å². The minimum Gasteiger partial charge on any atom is -0.481 e. The maximum absolute atomic E-state index is 13.4. The van der Waals surface area contributed by atoms with Gasteiger partial charge in [-0.3, -0.25) is 4.79 Å². The van der Waals surface area contributed by atoms with Crippen molar-refractivity contribution < 1.29 is 23.8 Å². The van der Waals surface area contributed by atoms with Crippen LogP contribution in [0, 0.1) is 5.82 Å². The van der Waals surface area contributed by atoms with Crippen molar-refractivity contribution in [1.29, 1.82) is 0 Å². The molecule has 0 amide bonds. The van der Waals surface area contributed by atoms with Gasteiger partial charge in [-0.25, -0.2) is 14.4 Å². The van der Waals surface area contributed by atoms with Crippen LogP contribution in [0.2, 0.25) is 5.28 Å². The molecule has 0 saturated carbocycles. The van der Waals surface area contributed by atoms with Gasteiger partial charge in [0.2, 0.25) is 5.28 Å². The molecule has 0 radical (unpaired) electrons. The van der Waals surface area contributed by atoms with Crippen LogP contribution in [0.15, 0.2) is 30.3 Å². The standard InChI is InChI=1S/C23H26ClFN2O4/c1-13(2)20-18(21(27-22(24)26-20)14-5-7-15(25)8-6-14)10-9-16-11-17(12-19(28)29)31-23(3,4)30-16/h5-10,13,16-17H,11-12H2,1-4H3,(H,28,29)/b10-9+/t16-,17-/m1/s1. The summed E-state index contributed by atoms with van der Waals surface area (Å²) in [5, 5.41) is 9.26. The van der Waals surface area contributed by atoms with Crippen LogP contribution in [-0.2, 0) is 14.3 Å². The molecule has 166 valence electrons. The van der Waals surface area contributed by atoms with Gasteiger partial charge in [0, 0.05) is 17.5 Å². The maximum atomic E-state index is 13.4. The van der Waals surface area contributed by atoms with E-state index in [1.807, 2.05) is 26.0 Å². The van der Waals surface area contributed by atoms with E-state index in [1.54, 1.807) is 26.0 Å². The average molecular weight is 449 g/mol. The van der Waals surface area contributed by atoms with Crippen LogP contribution >= 0.6 is 11.6 Å². The van der Waals surface area contributed by atoms with Gasteiger partial charge in [-0.2, -0.15) is 0 Å². The Morgan fingerprint density at radius 2 is 1.97 bits per heavy atom. The lowest BCUT2D eigenvalue weighted by Gasteiger charge is -2.39. The molecule has 1 fully saturated rings. The minimum absolute atomic E-state index is 0.0613. The van der Waals surface area contributed by atoms with Crippen LogP contribution < -0.4 is 0 Å². The van der Waals surface area contributed by atoms with Gasteiger partial charge in [-0.15, -0.1) is 0 Å². The van der Waals surface area contributed by atoms with Crippen LogP contribution in [0.3, 0.4) is 0 Å². The van der Waals surface area contributed by atoms with E-state index >= 15 is 0 Å². The molecular formula is C23H26ClFN2O4. The zero-order valence-corrected chi connectivity index (χ0v) is 18.7. The Kier molecular flexibility index (Phi) is 7.09. The molecule has 2 atom stereocenters. The third kappa shape index (κ3) is 6.09. The highest BCUT2D eigenvalue weighted by Crippen LogP contribution is 2.33. The summed E-state index contributed by atoms with van der Waals surface area (Å²) in [6, 6.07) is 6.03. The van der Waals surface area contributed by atoms with Crippen molar-refractivity contribution >= 4 is 23.6 Å². The summed E-state index contributed by atoms with van der Waals surface area (Å²) in [4.78, 5) is 20.0. The second kappa shape index (κ2) is 9.42. The fourth-order valence-corrected chi connectivity index (χ4v) is 3.86. The average Bonchev–Trinajstić information content (AvgIpc) is 2.65. The molecule has 0 unspecified atom stereocenters. The zero-order chi connectivity index (χ0) is 22.8. The lowest BCUT2D eigenvalue weighted by molar-refractivity contribution is -0.290. The number of halogens is 2. The molecule has 1 saturated heterocycles. The number of hydrogen-bond acceptors (Lipinski definition) is 5. The van der Waals surface area contributed by atoms with E-state index in [2.05, 4.69) is 9.97 Å². The number of carboxylic acids is 1. The molecule has 1 aliphatic heterocycles. The van der Waals surface area contributed by atoms with Gasteiger partial charge < -0.3 is 14.6 Å². The molecule has 6 nitrogen and oxygen atoms in total. The zero-order valence-electron chi connectivity index (χ0n) is 17.9. The van der Waals surface area contributed by atoms with E-state index in [0.717, 1.165) is 11.3 Å². The third-order valence-electron chi connectivity index (χ3n) is 4.87.